The molecule has 1 rings (SSSR count). The highest BCUT2D eigenvalue weighted by Gasteiger charge is 2.21. The van der Waals surface area contributed by atoms with E-state index in [2.05, 4.69) is 27.7 Å². The molecule has 0 saturated carbocycles. The lowest BCUT2D eigenvalue weighted by atomic mass is 10.1. The molecule has 0 fully saturated rings. The zero-order valence-electron chi connectivity index (χ0n) is 13.0. The fraction of sp³-hybridized carbons (Fsp3) is 0.500. The van der Waals surface area contributed by atoms with E-state index in [1.807, 2.05) is 10.3 Å². The fourth-order valence-electron chi connectivity index (χ4n) is 2.05. The van der Waals surface area contributed by atoms with Gasteiger partial charge < -0.3 is 10.0 Å². The van der Waals surface area contributed by atoms with Gasteiger partial charge in [-0.3, -0.25) is 4.79 Å². The van der Waals surface area contributed by atoms with E-state index in [-0.39, 0.29) is 5.91 Å². The van der Waals surface area contributed by atoms with Crippen LogP contribution in [0.2, 0.25) is 0 Å². The predicted octanol–water partition coefficient (Wildman–Crippen LogP) is 3.60. The van der Waals surface area contributed by atoms with Crippen molar-refractivity contribution >= 4 is 29.3 Å². The predicted molar refractivity (Wildman–Crippen MR) is 86.6 cm³/mol. The van der Waals surface area contributed by atoms with Gasteiger partial charge in [-0.2, -0.15) is 0 Å². The highest BCUT2D eigenvalue weighted by atomic mass is 32.1. The van der Waals surface area contributed by atoms with Crippen LogP contribution in [0.3, 0.4) is 0 Å². The first-order chi connectivity index (χ1) is 9.81. The molecule has 0 saturated heterocycles. The Balaban J connectivity index is 2.98. The van der Waals surface area contributed by atoms with Gasteiger partial charge in [0.2, 0.25) is 0 Å². The largest absolute Gasteiger partial charge is 0.478 e. The third-order valence-electron chi connectivity index (χ3n) is 2.75. The number of nitrogens with zero attached hydrogens (tertiary/aromatic N) is 1. The SMILES string of the molecule is CC(C)CN(CC(C)C)C(=O)c1sccc1C=CC(=O)O. The van der Waals surface area contributed by atoms with Crippen molar-refractivity contribution in [3.05, 3.63) is 28.0 Å². The average Bonchev–Trinajstić information content (AvgIpc) is 2.81. The molecule has 0 aromatic carbocycles. The molecule has 0 atom stereocenters. The van der Waals surface area contributed by atoms with Crippen LogP contribution in [0.25, 0.3) is 6.08 Å². The maximum atomic E-state index is 12.7. The third kappa shape index (κ3) is 5.71. The Labute approximate surface area is 130 Å². The van der Waals surface area contributed by atoms with Gasteiger partial charge in [0.1, 0.15) is 0 Å². The molecule has 0 aliphatic heterocycles. The Morgan fingerprint density at radius 1 is 1.24 bits per heavy atom. The summed E-state index contributed by atoms with van der Waals surface area (Å²) in [5.74, 6) is -0.241. The number of thiophene rings is 1. The molecule has 0 aliphatic rings. The number of aliphatic carboxylic acids is 1. The van der Waals surface area contributed by atoms with Gasteiger partial charge in [-0.25, -0.2) is 4.79 Å². The number of carboxylic acids is 1. The molecule has 1 aromatic rings. The second kappa shape index (κ2) is 7.98. The van der Waals surface area contributed by atoms with Crippen molar-refractivity contribution in [3.63, 3.8) is 0 Å². The first-order valence-electron chi connectivity index (χ1n) is 7.09. The van der Waals surface area contributed by atoms with Gasteiger partial charge in [0.15, 0.2) is 0 Å². The Bertz CT molecular complexity index is 507. The summed E-state index contributed by atoms with van der Waals surface area (Å²) in [5.41, 5.74) is 0.671. The molecule has 5 heteroatoms. The van der Waals surface area contributed by atoms with Crippen molar-refractivity contribution in [2.24, 2.45) is 11.8 Å². The standard InChI is InChI=1S/C16H23NO3S/c1-11(2)9-17(10-12(3)4)16(20)15-13(7-8-21-15)5-6-14(18)19/h5-8,11-12H,9-10H2,1-4H3,(H,18,19). The molecular formula is C16H23NO3S. The molecule has 21 heavy (non-hydrogen) atoms. The Hall–Kier alpha value is -1.62. The maximum absolute atomic E-state index is 12.7. The quantitative estimate of drug-likeness (QED) is 0.783. The summed E-state index contributed by atoms with van der Waals surface area (Å²) in [6.07, 6.45) is 2.54. The maximum Gasteiger partial charge on any atom is 0.328 e. The van der Waals surface area contributed by atoms with Crippen LogP contribution in [-0.2, 0) is 4.79 Å². The Kier molecular flexibility index (Phi) is 6.62. The number of hydrogen-bond donors (Lipinski definition) is 1. The van der Waals surface area contributed by atoms with Crippen molar-refractivity contribution in [2.75, 3.05) is 13.1 Å². The molecule has 0 aliphatic carbocycles. The topological polar surface area (TPSA) is 57.6 Å². The van der Waals surface area contributed by atoms with Gasteiger partial charge in [-0.15, -0.1) is 11.3 Å². The number of rotatable bonds is 7. The highest BCUT2D eigenvalue weighted by molar-refractivity contribution is 7.12. The summed E-state index contributed by atoms with van der Waals surface area (Å²) in [6.45, 7) is 9.75. The van der Waals surface area contributed by atoms with Crippen LogP contribution in [0, 0.1) is 11.8 Å². The van der Waals surface area contributed by atoms with E-state index in [4.69, 9.17) is 5.11 Å². The van der Waals surface area contributed by atoms with E-state index in [1.54, 1.807) is 6.07 Å². The minimum Gasteiger partial charge on any atom is -0.478 e. The van der Waals surface area contributed by atoms with Crippen molar-refractivity contribution in [3.8, 4) is 0 Å². The van der Waals surface area contributed by atoms with E-state index in [9.17, 15) is 9.59 Å². The van der Waals surface area contributed by atoms with E-state index < -0.39 is 5.97 Å². The molecule has 116 valence electrons. The zero-order chi connectivity index (χ0) is 16.0. The van der Waals surface area contributed by atoms with Gasteiger partial charge in [-0.1, -0.05) is 27.7 Å². The molecule has 1 N–H and O–H groups in total. The number of amides is 1. The van der Waals surface area contributed by atoms with Gasteiger partial charge in [0, 0.05) is 19.2 Å². The molecule has 0 spiro atoms. The Morgan fingerprint density at radius 2 is 1.81 bits per heavy atom. The second-order valence-electron chi connectivity index (χ2n) is 5.87. The van der Waals surface area contributed by atoms with Crippen LogP contribution in [0.4, 0.5) is 0 Å². The van der Waals surface area contributed by atoms with Crippen LogP contribution in [0.1, 0.15) is 42.9 Å². The van der Waals surface area contributed by atoms with E-state index >= 15 is 0 Å². The van der Waals surface area contributed by atoms with Crippen LogP contribution in [-0.4, -0.2) is 35.0 Å². The summed E-state index contributed by atoms with van der Waals surface area (Å²) < 4.78 is 0. The van der Waals surface area contributed by atoms with Gasteiger partial charge in [-0.05, 0) is 34.9 Å². The number of carboxylic acid groups (broad SMARTS) is 1. The highest BCUT2D eigenvalue weighted by Crippen LogP contribution is 2.21. The lowest BCUT2D eigenvalue weighted by Gasteiger charge is -2.26. The normalized spacial score (nSPS) is 11.5. The molecule has 1 heterocycles. The van der Waals surface area contributed by atoms with E-state index in [1.165, 1.54) is 17.4 Å². The molecule has 0 unspecified atom stereocenters. The first-order valence-corrected chi connectivity index (χ1v) is 7.97. The lowest BCUT2D eigenvalue weighted by Crippen LogP contribution is -2.36. The fourth-order valence-corrected chi connectivity index (χ4v) is 2.90. The monoisotopic (exact) mass is 309 g/mol. The summed E-state index contributed by atoms with van der Waals surface area (Å²) >= 11 is 1.36. The number of carbonyl (C=O) groups excluding carboxylic acids is 1. The summed E-state index contributed by atoms with van der Waals surface area (Å²) in [4.78, 5) is 25.8. The van der Waals surface area contributed by atoms with Crippen molar-refractivity contribution in [1.29, 1.82) is 0 Å². The number of hydrogen-bond acceptors (Lipinski definition) is 3. The second-order valence-corrected chi connectivity index (χ2v) is 6.79. The van der Waals surface area contributed by atoms with Crippen molar-refractivity contribution in [2.45, 2.75) is 27.7 Å². The van der Waals surface area contributed by atoms with Gasteiger partial charge in [0.25, 0.3) is 5.91 Å². The molecule has 1 amide bonds. The lowest BCUT2D eigenvalue weighted by molar-refractivity contribution is -0.131. The molecule has 4 nitrogen and oxygen atoms in total. The van der Waals surface area contributed by atoms with Gasteiger partial charge >= 0.3 is 5.97 Å². The average molecular weight is 309 g/mol. The van der Waals surface area contributed by atoms with Crippen LogP contribution < -0.4 is 0 Å². The Morgan fingerprint density at radius 3 is 2.29 bits per heavy atom. The van der Waals surface area contributed by atoms with Crippen LogP contribution in [0.15, 0.2) is 17.5 Å². The van der Waals surface area contributed by atoms with Crippen LogP contribution >= 0.6 is 11.3 Å². The van der Waals surface area contributed by atoms with Crippen LogP contribution in [0.5, 0.6) is 0 Å². The summed E-state index contributed by atoms with van der Waals surface area (Å²) in [7, 11) is 0. The molecular weight excluding hydrogens is 286 g/mol. The first kappa shape index (κ1) is 17.4. The van der Waals surface area contributed by atoms with Crippen molar-refractivity contribution in [1.82, 2.24) is 4.90 Å². The molecule has 1 aromatic heterocycles. The zero-order valence-corrected chi connectivity index (χ0v) is 13.8. The number of carbonyl (C=O) groups is 2. The van der Waals surface area contributed by atoms with Crippen molar-refractivity contribution < 1.29 is 14.7 Å². The van der Waals surface area contributed by atoms with Gasteiger partial charge in [0.05, 0.1) is 4.88 Å². The third-order valence-corrected chi connectivity index (χ3v) is 3.67. The summed E-state index contributed by atoms with van der Waals surface area (Å²) in [6, 6.07) is 1.78. The van der Waals surface area contributed by atoms with E-state index in [0.29, 0.717) is 35.4 Å². The van der Waals surface area contributed by atoms with E-state index in [0.717, 1.165) is 6.08 Å². The minimum atomic E-state index is -1.01. The minimum absolute atomic E-state index is 0.0163. The summed E-state index contributed by atoms with van der Waals surface area (Å²) in [5, 5.41) is 10.5. The molecule has 0 radical (unpaired) electrons. The smallest absolute Gasteiger partial charge is 0.328 e. The molecule has 0 bridgehead atoms.